The van der Waals surface area contributed by atoms with Crippen molar-refractivity contribution in [2.45, 2.75) is 0 Å². The standard InChI is InChI=1S/C21H18FN3O4/c22-17-5-2-1-4-16(17)20(27)25-15-9-7-14(8-10-15)19(26)23-11-12-24-21(28)18-6-3-13-29-18/h1-10,13H,11-12H2,(H,23,26)(H,24,28)(H,25,27). The Balaban J connectivity index is 1.46. The molecule has 8 heteroatoms. The van der Waals surface area contributed by atoms with Crippen molar-refractivity contribution in [1.82, 2.24) is 10.6 Å². The summed E-state index contributed by atoms with van der Waals surface area (Å²) in [5.74, 6) is -1.68. The predicted octanol–water partition coefficient (Wildman–Crippen LogP) is 2.83. The largest absolute Gasteiger partial charge is 0.459 e. The highest BCUT2D eigenvalue weighted by Crippen LogP contribution is 2.13. The fourth-order valence-corrected chi connectivity index (χ4v) is 2.50. The Bertz CT molecular complexity index is 1000. The van der Waals surface area contributed by atoms with Gasteiger partial charge < -0.3 is 20.4 Å². The Hall–Kier alpha value is -3.94. The molecule has 1 heterocycles. The molecule has 0 spiro atoms. The minimum Gasteiger partial charge on any atom is -0.459 e. The van der Waals surface area contributed by atoms with Crippen LogP contribution in [-0.2, 0) is 0 Å². The molecule has 0 aliphatic carbocycles. The summed E-state index contributed by atoms with van der Waals surface area (Å²) in [5.41, 5.74) is 0.748. The number of hydrogen-bond donors (Lipinski definition) is 3. The Labute approximate surface area is 165 Å². The van der Waals surface area contributed by atoms with Crippen molar-refractivity contribution < 1.29 is 23.2 Å². The average molecular weight is 395 g/mol. The van der Waals surface area contributed by atoms with E-state index in [2.05, 4.69) is 16.0 Å². The van der Waals surface area contributed by atoms with Gasteiger partial charge >= 0.3 is 0 Å². The molecule has 0 radical (unpaired) electrons. The van der Waals surface area contributed by atoms with Gasteiger partial charge in [-0.05, 0) is 48.5 Å². The number of anilines is 1. The summed E-state index contributed by atoms with van der Waals surface area (Å²) in [6.45, 7) is 0.471. The van der Waals surface area contributed by atoms with Gasteiger partial charge in [-0.15, -0.1) is 0 Å². The van der Waals surface area contributed by atoms with Crippen LogP contribution in [0.3, 0.4) is 0 Å². The molecule has 148 valence electrons. The molecule has 29 heavy (non-hydrogen) atoms. The molecule has 3 rings (SSSR count). The summed E-state index contributed by atoms with van der Waals surface area (Å²) in [6, 6.07) is 15.0. The Morgan fingerprint density at radius 3 is 2.14 bits per heavy atom. The van der Waals surface area contributed by atoms with E-state index in [4.69, 9.17) is 4.42 Å². The van der Waals surface area contributed by atoms with Gasteiger partial charge in [-0.3, -0.25) is 14.4 Å². The normalized spacial score (nSPS) is 10.2. The van der Waals surface area contributed by atoms with E-state index in [1.807, 2.05) is 0 Å². The summed E-state index contributed by atoms with van der Waals surface area (Å²) in [5, 5.41) is 7.87. The highest BCUT2D eigenvalue weighted by atomic mass is 19.1. The van der Waals surface area contributed by atoms with E-state index < -0.39 is 11.7 Å². The van der Waals surface area contributed by atoms with Crippen LogP contribution in [0.2, 0.25) is 0 Å². The maximum Gasteiger partial charge on any atom is 0.287 e. The summed E-state index contributed by atoms with van der Waals surface area (Å²) in [7, 11) is 0. The molecule has 2 aromatic carbocycles. The Morgan fingerprint density at radius 2 is 1.48 bits per heavy atom. The molecule has 0 saturated carbocycles. The van der Waals surface area contributed by atoms with Crippen LogP contribution in [0, 0.1) is 5.82 Å². The van der Waals surface area contributed by atoms with Crippen LogP contribution in [0.25, 0.3) is 0 Å². The average Bonchev–Trinajstić information content (AvgIpc) is 3.27. The zero-order valence-corrected chi connectivity index (χ0v) is 15.3. The summed E-state index contributed by atoms with van der Waals surface area (Å²) in [4.78, 5) is 35.9. The lowest BCUT2D eigenvalue weighted by molar-refractivity contribution is 0.0910. The first-order valence-corrected chi connectivity index (χ1v) is 8.80. The quantitative estimate of drug-likeness (QED) is 0.536. The second-order valence-corrected chi connectivity index (χ2v) is 6.00. The number of nitrogens with one attached hydrogen (secondary N) is 3. The van der Waals surface area contributed by atoms with Crippen molar-refractivity contribution in [3.63, 3.8) is 0 Å². The van der Waals surface area contributed by atoms with Crippen LogP contribution < -0.4 is 16.0 Å². The molecule has 0 saturated heterocycles. The van der Waals surface area contributed by atoms with E-state index in [-0.39, 0.29) is 36.2 Å². The van der Waals surface area contributed by atoms with Crippen molar-refractivity contribution in [1.29, 1.82) is 0 Å². The van der Waals surface area contributed by atoms with Crippen LogP contribution in [-0.4, -0.2) is 30.8 Å². The van der Waals surface area contributed by atoms with Gasteiger partial charge in [0.25, 0.3) is 17.7 Å². The number of hydrogen-bond acceptors (Lipinski definition) is 4. The van der Waals surface area contributed by atoms with Gasteiger partial charge in [0, 0.05) is 24.3 Å². The van der Waals surface area contributed by atoms with Crippen LogP contribution in [0.4, 0.5) is 10.1 Å². The van der Waals surface area contributed by atoms with E-state index in [1.165, 1.54) is 36.6 Å². The molecule has 3 amide bonds. The maximum absolute atomic E-state index is 13.6. The zero-order chi connectivity index (χ0) is 20.6. The van der Waals surface area contributed by atoms with Gasteiger partial charge in [-0.25, -0.2) is 4.39 Å². The second kappa shape index (κ2) is 9.32. The van der Waals surface area contributed by atoms with Gasteiger partial charge in [0.1, 0.15) is 5.82 Å². The van der Waals surface area contributed by atoms with Gasteiger partial charge in [0.15, 0.2) is 5.76 Å². The molecule has 3 N–H and O–H groups in total. The van der Waals surface area contributed by atoms with E-state index in [9.17, 15) is 18.8 Å². The van der Waals surface area contributed by atoms with Crippen molar-refractivity contribution in [3.05, 3.63) is 89.6 Å². The van der Waals surface area contributed by atoms with Crippen molar-refractivity contribution in [2.24, 2.45) is 0 Å². The molecule has 3 aromatic rings. The molecule has 0 unspecified atom stereocenters. The fraction of sp³-hybridized carbons (Fsp3) is 0.0952. The third kappa shape index (κ3) is 5.29. The first kappa shape index (κ1) is 19.8. The van der Waals surface area contributed by atoms with Crippen LogP contribution in [0.15, 0.2) is 71.3 Å². The molecular weight excluding hydrogens is 377 g/mol. The minimum atomic E-state index is -0.611. The molecule has 0 aliphatic heterocycles. The van der Waals surface area contributed by atoms with E-state index >= 15 is 0 Å². The Kier molecular flexibility index (Phi) is 6.36. The summed E-state index contributed by atoms with van der Waals surface area (Å²) < 4.78 is 18.6. The molecule has 0 aliphatic rings. The lowest BCUT2D eigenvalue weighted by Gasteiger charge is -2.08. The minimum absolute atomic E-state index is 0.0640. The van der Waals surface area contributed by atoms with E-state index in [0.29, 0.717) is 11.3 Å². The highest BCUT2D eigenvalue weighted by molar-refractivity contribution is 6.04. The lowest BCUT2D eigenvalue weighted by atomic mass is 10.1. The maximum atomic E-state index is 13.6. The van der Waals surface area contributed by atoms with Crippen molar-refractivity contribution in [3.8, 4) is 0 Å². The Morgan fingerprint density at radius 1 is 0.793 bits per heavy atom. The van der Waals surface area contributed by atoms with Gasteiger partial charge in [-0.1, -0.05) is 12.1 Å². The van der Waals surface area contributed by atoms with Crippen LogP contribution >= 0.6 is 0 Å². The number of rotatable bonds is 7. The first-order valence-electron chi connectivity index (χ1n) is 8.80. The lowest BCUT2D eigenvalue weighted by Crippen LogP contribution is -2.34. The van der Waals surface area contributed by atoms with E-state index in [1.54, 1.807) is 30.3 Å². The SMILES string of the molecule is O=C(NCCNC(=O)c1ccco1)c1ccc(NC(=O)c2ccccc2F)cc1. The third-order valence-corrected chi connectivity index (χ3v) is 3.96. The molecule has 1 aromatic heterocycles. The number of benzene rings is 2. The number of furan rings is 1. The van der Waals surface area contributed by atoms with Gasteiger partial charge in [0.2, 0.25) is 0 Å². The molecular formula is C21H18FN3O4. The molecule has 0 bridgehead atoms. The van der Waals surface area contributed by atoms with Crippen molar-refractivity contribution >= 4 is 23.4 Å². The van der Waals surface area contributed by atoms with Gasteiger partial charge in [0.05, 0.1) is 11.8 Å². The molecule has 0 fully saturated rings. The molecule has 7 nitrogen and oxygen atoms in total. The summed E-state index contributed by atoms with van der Waals surface area (Å²) >= 11 is 0. The van der Waals surface area contributed by atoms with Crippen LogP contribution in [0.1, 0.15) is 31.3 Å². The second-order valence-electron chi connectivity index (χ2n) is 6.00. The smallest absolute Gasteiger partial charge is 0.287 e. The highest BCUT2D eigenvalue weighted by Gasteiger charge is 2.12. The third-order valence-electron chi connectivity index (χ3n) is 3.96. The van der Waals surface area contributed by atoms with Gasteiger partial charge in [-0.2, -0.15) is 0 Å². The monoisotopic (exact) mass is 395 g/mol. The molecule has 0 atom stereocenters. The first-order chi connectivity index (χ1) is 14.0. The fourth-order valence-electron chi connectivity index (χ4n) is 2.50. The van der Waals surface area contributed by atoms with Crippen LogP contribution in [0.5, 0.6) is 0 Å². The number of carbonyl (C=O) groups is 3. The van der Waals surface area contributed by atoms with Crippen molar-refractivity contribution in [2.75, 3.05) is 18.4 Å². The number of carbonyl (C=O) groups excluding carboxylic acids is 3. The predicted molar refractivity (Wildman–Crippen MR) is 104 cm³/mol. The summed E-state index contributed by atoms with van der Waals surface area (Å²) in [6.07, 6.45) is 1.40. The zero-order valence-electron chi connectivity index (χ0n) is 15.3. The number of halogens is 1. The topological polar surface area (TPSA) is 100 Å². The number of amides is 3. The van der Waals surface area contributed by atoms with E-state index in [0.717, 1.165) is 0 Å².